The molecular formula is C14H26N2O3. The molecule has 0 aromatic carbocycles. The Kier molecular flexibility index (Phi) is 6.28. The minimum atomic E-state index is -0.405. The first-order chi connectivity index (χ1) is 8.99. The predicted octanol–water partition coefficient (Wildman–Crippen LogP) is 1.17. The molecule has 1 aliphatic heterocycles. The molecule has 0 radical (unpaired) electrons. The van der Waals surface area contributed by atoms with E-state index in [4.69, 9.17) is 4.74 Å². The van der Waals surface area contributed by atoms with Crippen molar-refractivity contribution >= 4 is 11.8 Å². The lowest BCUT2D eigenvalue weighted by molar-refractivity contribution is -0.150. The van der Waals surface area contributed by atoms with Crippen LogP contribution in [0.25, 0.3) is 0 Å². The highest BCUT2D eigenvalue weighted by Crippen LogP contribution is 2.15. The van der Waals surface area contributed by atoms with E-state index in [9.17, 15) is 9.59 Å². The van der Waals surface area contributed by atoms with Crippen molar-refractivity contribution in [2.45, 2.75) is 52.6 Å². The third-order valence-corrected chi connectivity index (χ3v) is 3.48. The summed E-state index contributed by atoms with van der Waals surface area (Å²) < 4.78 is 5.48. The zero-order valence-corrected chi connectivity index (χ0v) is 12.4. The van der Waals surface area contributed by atoms with Crippen molar-refractivity contribution in [2.75, 3.05) is 19.8 Å². The fourth-order valence-corrected chi connectivity index (χ4v) is 2.11. The first kappa shape index (κ1) is 16.0. The van der Waals surface area contributed by atoms with Crippen molar-refractivity contribution < 1.29 is 14.3 Å². The Morgan fingerprint density at radius 3 is 2.58 bits per heavy atom. The van der Waals surface area contributed by atoms with Gasteiger partial charge < -0.3 is 15.0 Å². The number of hydrogen-bond acceptors (Lipinski definition) is 3. The Morgan fingerprint density at radius 2 is 2.00 bits per heavy atom. The third kappa shape index (κ3) is 4.20. The number of hydrogen-bond donors (Lipinski definition) is 1. The van der Waals surface area contributed by atoms with Crippen molar-refractivity contribution in [3.8, 4) is 0 Å². The van der Waals surface area contributed by atoms with Gasteiger partial charge in [0.15, 0.2) is 0 Å². The second-order valence-electron chi connectivity index (χ2n) is 5.40. The average molecular weight is 270 g/mol. The standard InChI is InChI=1S/C14H26N2O3/c1-5-6-8-19-9-7-16-11(4)13(17)15-12(10(2)3)14(16)18/h10-12H,5-9H2,1-4H3,(H,15,17). The monoisotopic (exact) mass is 270 g/mol. The highest BCUT2D eigenvalue weighted by molar-refractivity contribution is 5.96. The van der Waals surface area contributed by atoms with Gasteiger partial charge in [0.25, 0.3) is 0 Å². The van der Waals surface area contributed by atoms with Crippen LogP contribution in [0.4, 0.5) is 0 Å². The van der Waals surface area contributed by atoms with Gasteiger partial charge in [0.2, 0.25) is 11.8 Å². The van der Waals surface area contributed by atoms with Crippen LogP contribution in [0, 0.1) is 5.92 Å². The van der Waals surface area contributed by atoms with E-state index in [1.165, 1.54) is 0 Å². The summed E-state index contributed by atoms with van der Waals surface area (Å²) >= 11 is 0. The SMILES string of the molecule is CCCCOCCN1C(=O)C(C(C)C)NC(=O)C1C. The number of carbonyl (C=O) groups is 2. The summed E-state index contributed by atoms with van der Waals surface area (Å²) in [6.45, 7) is 9.44. The number of ether oxygens (including phenoxy) is 1. The molecule has 110 valence electrons. The van der Waals surface area contributed by atoms with E-state index in [2.05, 4.69) is 12.2 Å². The molecule has 1 heterocycles. The van der Waals surface area contributed by atoms with Gasteiger partial charge in [-0.2, -0.15) is 0 Å². The Morgan fingerprint density at radius 1 is 1.32 bits per heavy atom. The molecule has 0 aromatic rings. The molecule has 2 atom stereocenters. The number of piperazine rings is 1. The van der Waals surface area contributed by atoms with Crippen LogP contribution in [0.5, 0.6) is 0 Å². The van der Waals surface area contributed by atoms with Crippen molar-refractivity contribution in [2.24, 2.45) is 5.92 Å². The zero-order chi connectivity index (χ0) is 14.4. The molecule has 0 spiro atoms. The van der Waals surface area contributed by atoms with Crippen LogP contribution in [0.2, 0.25) is 0 Å². The van der Waals surface area contributed by atoms with E-state index in [1.807, 2.05) is 13.8 Å². The van der Waals surface area contributed by atoms with E-state index in [0.717, 1.165) is 12.8 Å². The maximum absolute atomic E-state index is 12.3. The first-order valence-corrected chi connectivity index (χ1v) is 7.17. The summed E-state index contributed by atoms with van der Waals surface area (Å²) in [6, 6.07) is -0.809. The Labute approximate surface area is 115 Å². The molecule has 0 aliphatic carbocycles. The fourth-order valence-electron chi connectivity index (χ4n) is 2.11. The van der Waals surface area contributed by atoms with Crippen LogP contribution in [-0.2, 0) is 14.3 Å². The van der Waals surface area contributed by atoms with Crippen LogP contribution >= 0.6 is 0 Å². The van der Waals surface area contributed by atoms with Crippen LogP contribution in [0.3, 0.4) is 0 Å². The van der Waals surface area contributed by atoms with E-state index >= 15 is 0 Å². The second kappa shape index (κ2) is 7.48. The van der Waals surface area contributed by atoms with E-state index in [1.54, 1.807) is 11.8 Å². The number of unbranched alkanes of at least 4 members (excludes halogenated alkanes) is 1. The Bertz CT molecular complexity index is 318. The number of nitrogens with zero attached hydrogens (tertiary/aromatic N) is 1. The molecule has 1 N–H and O–H groups in total. The molecule has 1 fully saturated rings. The predicted molar refractivity (Wildman–Crippen MR) is 73.7 cm³/mol. The van der Waals surface area contributed by atoms with E-state index < -0.39 is 12.1 Å². The molecule has 0 saturated carbocycles. The molecule has 2 amide bonds. The molecule has 0 aromatic heterocycles. The van der Waals surface area contributed by atoms with Crippen LogP contribution in [0.15, 0.2) is 0 Å². The summed E-state index contributed by atoms with van der Waals surface area (Å²) in [5.41, 5.74) is 0. The largest absolute Gasteiger partial charge is 0.380 e. The number of carbonyl (C=O) groups excluding carboxylic acids is 2. The molecule has 5 heteroatoms. The van der Waals surface area contributed by atoms with Crippen molar-refractivity contribution in [1.82, 2.24) is 10.2 Å². The van der Waals surface area contributed by atoms with Gasteiger partial charge in [-0.3, -0.25) is 9.59 Å². The van der Waals surface area contributed by atoms with E-state index in [0.29, 0.717) is 19.8 Å². The molecular weight excluding hydrogens is 244 g/mol. The van der Waals surface area contributed by atoms with Gasteiger partial charge in [0.1, 0.15) is 12.1 Å². The summed E-state index contributed by atoms with van der Waals surface area (Å²) in [5.74, 6) is 0.0282. The molecule has 2 unspecified atom stereocenters. The molecule has 5 nitrogen and oxygen atoms in total. The maximum Gasteiger partial charge on any atom is 0.246 e. The van der Waals surface area contributed by atoms with Gasteiger partial charge in [-0.15, -0.1) is 0 Å². The summed E-state index contributed by atoms with van der Waals surface area (Å²) in [4.78, 5) is 25.8. The zero-order valence-electron chi connectivity index (χ0n) is 12.4. The topological polar surface area (TPSA) is 58.6 Å². The number of nitrogens with one attached hydrogen (secondary N) is 1. The van der Waals surface area contributed by atoms with Crippen molar-refractivity contribution in [1.29, 1.82) is 0 Å². The van der Waals surface area contributed by atoms with Crippen LogP contribution in [-0.4, -0.2) is 48.6 Å². The van der Waals surface area contributed by atoms with Gasteiger partial charge in [-0.05, 0) is 19.3 Å². The lowest BCUT2D eigenvalue weighted by atomic mass is 9.98. The van der Waals surface area contributed by atoms with Crippen molar-refractivity contribution in [3.63, 3.8) is 0 Å². The number of amides is 2. The minimum Gasteiger partial charge on any atom is -0.380 e. The summed E-state index contributed by atoms with van der Waals surface area (Å²) in [7, 11) is 0. The Hall–Kier alpha value is -1.10. The molecule has 0 bridgehead atoms. The number of rotatable bonds is 7. The van der Waals surface area contributed by atoms with Gasteiger partial charge in [0, 0.05) is 13.2 Å². The quantitative estimate of drug-likeness (QED) is 0.707. The fraction of sp³-hybridized carbons (Fsp3) is 0.857. The highest BCUT2D eigenvalue weighted by Gasteiger charge is 2.38. The first-order valence-electron chi connectivity index (χ1n) is 7.17. The van der Waals surface area contributed by atoms with E-state index in [-0.39, 0.29) is 17.7 Å². The lowest BCUT2D eigenvalue weighted by Gasteiger charge is -2.38. The van der Waals surface area contributed by atoms with Gasteiger partial charge >= 0.3 is 0 Å². The molecule has 1 saturated heterocycles. The van der Waals surface area contributed by atoms with Crippen LogP contribution < -0.4 is 5.32 Å². The third-order valence-electron chi connectivity index (χ3n) is 3.48. The molecule has 1 rings (SSSR count). The molecule has 1 aliphatic rings. The van der Waals surface area contributed by atoms with Crippen molar-refractivity contribution in [3.05, 3.63) is 0 Å². The summed E-state index contributed by atoms with van der Waals surface area (Å²) in [6.07, 6.45) is 2.12. The smallest absolute Gasteiger partial charge is 0.246 e. The highest BCUT2D eigenvalue weighted by atomic mass is 16.5. The Balaban J connectivity index is 2.52. The van der Waals surface area contributed by atoms with Gasteiger partial charge in [-0.25, -0.2) is 0 Å². The summed E-state index contributed by atoms with van der Waals surface area (Å²) in [5, 5.41) is 2.79. The minimum absolute atomic E-state index is 0.00110. The molecule has 19 heavy (non-hydrogen) atoms. The second-order valence-corrected chi connectivity index (χ2v) is 5.40. The van der Waals surface area contributed by atoms with Gasteiger partial charge in [0.05, 0.1) is 6.61 Å². The lowest BCUT2D eigenvalue weighted by Crippen LogP contribution is -2.64. The maximum atomic E-state index is 12.3. The van der Waals surface area contributed by atoms with Crippen LogP contribution in [0.1, 0.15) is 40.5 Å². The van der Waals surface area contributed by atoms with Gasteiger partial charge in [-0.1, -0.05) is 27.2 Å². The average Bonchev–Trinajstić information content (AvgIpc) is 2.36. The normalized spacial score (nSPS) is 23.9.